The SMILES string of the molecule is CCNC(=NCc1ccoc1)N1CCN(S(=O)(=O)Cc2ccon2)CC1. The van der Waals surface area contributed by atoms with Gasteiger partial charge in [0.05, 0.1) is 24.8 Å². The molecule has 1 N–H and O–H groups in total. The molecule has 0 amide bonds. The summed E-state index contributed by atoms with van der Waals surface area (Å²) in [7, 11) is -3.40. The van der Waals surface area contributed by atoms with Crippen LogP contribution in [0.2, 0.25) is 0 Å². The van der Waals surface area contributed by atoms with Crippen LogP contribution in [0.3, 0.4) is 0 Å². The third kappa shape index (κ3) is 4.64. The normalized spacial score (nSPS) is 16.8. The molecule has 9 nitrogen and oxygen atoms in total. The van der Waals surface area contributed by atoms with Gasteiger partial charge in [-0.05, 0) is 13.0 Å². The van der Waals surface area contributed by atoms with E-state index in [9.17, 15) is 8.42 Å². The monoisotopic (exact) mass is 381 g/mol. The summed E-state index contributed by atoms with van der Waals surface area (Å²) in [4.78, 5) is 6.68. The van der Waals surface area contributed by atoms with E-state index in [4.69, 9.17) is 8.94 Å². The zero-order chi connectivity index (χ0) is 18.4. The molecule has 1 saturated heterocycles. The predicted molar refractivity (Wildman–Crippen MR) is 95.8 cm³/mol. The maximum absolute atomic E-state index is 12.5. The highest BCUT2D eigenvalue weighted by Crippen LogP contribution is 2.13. The van der Waals surface area contributed by atoms with E-state index in [0.29, 0.717) is 38.4 Å². The Balaban J connectivity index is 1.59. The Hall–Kier alpha value is -2.33. The van der Waals surface area contributed by atoms with Crippen LogP contribution in [0.15, 0.2) is 44.9 Å². The van der Waals surface area contributed by atoms with Gasteiger partial charge < -0.3 is 19.2 Å². The van der Waals surface area contributed by atoms with Gasteiger partial charge in [-0.25, -0.2) is 13.4 Å². The Morgan fingerprint density at radius 2 is 2.08 bits per heavy atom. The van der Waals surface area contributed by atoms with Gasteiger partial charge in [-0.2, -0.15) is 4.31 Å². The van der Waals surface area contributed by atoms with Gasteiger partial charge in [-0.15, -0.1) is 0 Å². The number of furan rings is 1. The summed E-state index contributed by atoms with van der Waals surface area (Å²) in [6.45, 7) is 5.25. The molecule has 0 saturated carbocycles. The van der Waals surface area contributed by atoms with Crippen molar-refractivity contribution in [2.24, 2.45) is 4.99 Å². The molecule has 26 heavy (non-hydrogen) atoms. The fourth-order valence-corrected chi connectivity index (χ4v) is 4.17. The van der Waals surface area contributed by atoms with Gasteiger partial charge in [0.25, 0.3) is 0 Å². The molecule has 10 heteroatoms. The van der Waals surface area contributed by atoms with E-state index in [-0.39, 0.29) is 5.75 Å². The van der Waals surface area contributed by atoms with E-state index in [0.717, 1.165) is 18.1 Å². The van der Waals surface area contributed by atoms with Gasteiger partial charge >= 0.3 is 0 Å². The number of aliphatic imine (C=N–C) groups is 1. The fraction of sp³-hybridized carbons (Fsp3) is 0.500. The highest BCUT2D eigenvalue weighted by Gasteiger charge is 2.28. The number of rotatable bonds is 6. The smallest absolute Gasteiger partial charge is 0.220 e. The number of aromatic nitrogens is 1. The average Bonchev–Trinajstić information content (AvgIpc) is 3.32. The van der Waals surface area contributed by atoms with Gasteiger partial charge in [0.1, 0.15) is 12.0 Å². The highest BCUT2D eigenvalue weighted by molar-refractivity contribution is 7.88. The number of guanidine groups is 1. The zero-order valence-corrected chi connectivity index (χ0v) is 15.5. The van der Waals surface area contributed by atoms with E-state index >= 15 is 0 Å². The molecule has 0 aliphatic carbocycles. The fourth-order valence-electron chi connectivity index (χ4n) is 2.74. The molecule has 2 aromatic heterocycles. The maximum atomic E-state index is 12.5. The quantitative estimate of drug-likeness (QED) is 0.585. The summed E-state index contributed by atoms with van der Waals surface area (Å²) in [5.74, 6) is 0.639. The summed E-state index contributed by atoms with van der Waals surface area (Å²) >= 11 is 0. The van der Waals surface area contributed by atoms with Crippen molar-refractivity contribution in [1.82, 2.24) is 19.7 Å². The van der Waals surface area contributed by atoms with Crippen molar-refractivity contribution in [3.63, 3.8) is 0 Å². The second kappa shape index (κ2) is 8.37. The molecule has 142 valence electrons. The third-order valence-corrected chi connectivity index (χ3v) is 5.89. The lowest BCUT2D eigenvalue weighted by Gasteiger charge is -2.35. The van der Waals surface area contributed by atoms with Crippen molar-refractivity contribution in [3.8, 4) is 0 Å². The van der Waals surface area contributed by atoms with Crippen LogP contribution >= 0.6 is 0 Å². The number of piperazine rings is 1. The van der Waals surface area contributed by atoms with E-state index in [2.05, 4.69) is 20.4 Å². The van der Waals surface area contributed by atoms with E-state index in [1.54, 1.807) is 18.6 Å². The largest absolute Gasteiger partial charge is 0.472 e. The molecular formula is C16H23N5O4S. The van der Waals surface area contributed by atoms with Crippen molar-refractivity contribution in [2.75, 3.05) is 32.7 Å². The Labute approximate surface area is 152 Å². The lowest BCUT2D eigenvalue weighted by Crippen LogP contribution is -2.53. The lowest BCUT2D eigenvalue weighted by molar-refractivity contribution is 0.259. The minimum atomic E-state index is -3.40. The Morgan fingerprint density at radius 3 is 2.69 bits per heavy atom. The Morgan fingerprint density at radius 1 is 1.27 bits per heavy atom. The molecule has 1 aliphatic rings. The molecule has 0 radical (unpaired) electrons. The molecule has 0 unspecified atom stereocenters. The summed E-state index contributed by atoms with van der Waals surface area (Å²) in [5, 5.41) is 6.94. The van der Waals surface area contributed by atoms with E-state index < -0.39 is 10.0 Å². The molecule has 3 heterocycles. The number of hydrogen-bond acceptors (Lipinski definition) is 6. The van der Waals surface area contributed by atoms with Crippen molar-refractivity contribution in [2.45, 2.75) is 19.2 Å². The first-order chi connectivity index (χ1) is 12.6. The second-order valence-corrected chi connectivity index (χ2v) is 7.90. The van der Waals surface area contributed by atoms with Crippen LogP contribution in [-0.4, -0.2) is 61.5 Å². The molecule has 1 aliphatic heterocycles. The molecule has 0 spiro atoms. The Kier molecular flexibility index (Phi) is 5.94. The van der Waals surface area contributed by atoms with Crippen LogP contribution in [0, 0.1) is 0 Å². The molecule has 0 atom stereocenters. The van der Waals surface area contributed by atoms with Crippen LogP contribution in [0.5, 0.6) is 0 Å². The molecular weight excluding hydrogens is 358 g/mol. The van der Waals surface area contributed by atoms with Crippen LogP contribution in [0.4, 0.5) is 0 Å². The lowest BCUT2D eigenvalue weighted by atomic mass is 10.3. The predicted octanol–water partition coefficient (Wildman–Crippen LogP) is 0.881. The van der Waals surface area contributed by atoms with Crippen molar-refractivity contribution in [1.29, 1.82) is 0 Å². The van der Waals surface area contributed by atoms with Crippen LogP contribution < -0.4 is 5.32 Å². The number of nitrogens with zero attached hydrogens (tertiary/aromatic N) is 4. The maximum Gasteiger partial charge on any atom is 0.220 e. The summed E-state index contributed by atoms with van der Waals surface area (Å²) in [5.41, 5.74) is 1.41. The molecule has 2 aromatic rings. The van der Waals surface area contributed by atoms with Gasteiger partial charge in [0.15, 0.2) is 5.96 Å². The number of sulfonamides is 1. The first kappa shape index (κ1) is 18.5. The molecule has 0 aromatic carbocycles. The van der Waals surface area contributed by atoms with Crippen LogP contribution in [-0.2, 0) is 22.3 Å². The molecule has 3 rings (SSSR count). The average molecular weight is 381 g/mol. The van der Waals surface area contributed by atoms with Crippen molar-refractivity contribution in [3.05, 3.63) is 42.2 Å². The van der Waals surface area contributed by atoms with E-state index in [1.807, 2.05) is 13.0 Å². The second-order valence-electron chi connectivity index (χ2n) is 5.93. The van der Waals surface area contributed by atoms with Crippen molar-refractivity contribution < 1.29 is 17.4 Å². The number of nitrogens with one attached hydrogen (secondary N) is 1. The summed E-state index contributed by atoms with van der Waals surface area (Å²) in [6.07, 6.45) is 4.67. The topological polar surface area (TPSA) is 104 Å². The zero-order valence-electron chi connectivity index (χ0n) is 14.7. The molecule has 0 bridgehead atoms. The molecule has 1 fully saturated rings. The minimum absolute atomic E-state index is 0.141. The third-order valence-electron chi connectivity index (χ3n) is 4.08. The summed E-state index contributed by atoms with van der Waals surface area (Å²) < 4.78 is 36.3. The van der Waals surface area contributed by atoms with E-state index in [1.165, 1.54) is 10.6 Å². The highest BCUT2D eigenvalue weighted by atomic mass is 32.2. The first-order valence-corrected chi connectivity index (χ1v) is 10.1. The number of hydrogen-bond donors (Lipinski definition) is 1. The standard InChI is InChI=1S/C16H23N5O4S/c1-2-17-16(18-11-14-3-9-24-12-14)20-5-7-21(8-6-20)26(22,23)13-15-4-10-25-19-15/h3-4,9-10,12H,2,5-8,11,13H2,1H3,(H,17,18). The van der Waals surface area contributed by atoms with Crippen molar-refractivity contribution >= 4 is 16.0 Å². The van der Waals surface area contributed by atoms with Gasteiger partial charge in [-0.1, -0.05) is 5.16 Å². The summed E-state index contributed by atoms with van der Waals surface area (Å²) in [6, 6.07) is 3.45. The van der Waals surface area contributed by atoms with Gasteiger partial charge in [-0.3, -0.25) is 0 Å². The van der Waals surface area contributed by atoms with Crippen LogP contribution in [0.25, 0.3) is 0 Å². The Bertz CT molecular complexity index is 794. The first-order valence-electron chi connectivity index (χ1n) is 8.50. The van der Waals surface area contributed by atoms with Gasteiger partial charge in [0.2, 0.25) is 10.0 Å². The van der Waals surface area contributed by atoms with Crippen LogP contribution in [0.1, 0.15) is 18.2 Å². The minimum Gasteiger partial charge on any atom is -0.472 e. The van der Waals surface area contributed by atoms with Gasteiger partial charge in [0, 0.05) is 44.4 Å².